The zero-order valence-electron chi connectivity index (χ0n) is 30.4. The van der Waals surface area contributed by atoms with E-state index >= 15 is 0 Å². The van der Waals surface area contributed by atoms with Gasteiger partial charge >= 0.3 is 0 Å². The molecule has 0 amide bonds. The fourth-order valence-electron chi connectivity index (χ4n) is 7.64. The van der Waals surface area contributed by atoms with E-state index in [1.807, 2.05) is 37.1 Å². The molecule has 0 aliphatic rings. The summed E-state index contributed by atoms with van der Waals surface area (Å²) in [6.07, 6.45) is 9.38. The van der Waals surface area contributed by atoms with Gasteiger partial charge in [-0.25, -0.2) is 15.0 Å². The number of hydrogen-bond acceptors (Lipinski definition) is 3. The summed E-state index contributed by atoms with van der Waals surface area (Å²) in [4.78, 5) is 13.0. The Kier molecular flexibility index (Phi) is 10.8. The summed E-state index contributed by atoms with van der Waals surface area (Å²) in [6, 6.07) is 66.1. The highest BCUT2D eigenvalue weighted by molar-refractivity contribution is 14.1. The van der Waals surface area contributed by atoms with E-state index in [0.717, 1.165) is 31.6 Å². The lowest BCUT2D eigenvalue weighted by molar-refractivity contribution is 0.514. The largest absolute Gasteiger partial charge is 0.318 e. The van der Waals surface area contributed by atoms with Gasteiger partial charge in [-0.15, -0.1) is 0 Å². The monoisotopic (exact) mass is 841 g/mol. The van der Waals surface area contributed by atoms with Gasteiger partial charge in [-0.1, -0.05) is 182 Å². The lowest BCUT2D eigenvalue weighted by atomic mass is 9.77. The Labute approximate surface area is 340 Å². The molecule has 0 aliphatic heterocycles. The van der Waals surface area contributed by atoms with Crippen molar-refractivity contribution in [3.8, 4) is 11.3 Å². The molecule has 56 heavy (non-hydrogen) atoms. The molecule has 0 spiro atoms. The molecular weight excluding hydrogens is 804 g/mol. The first-order chi connectivity index (χ1) is 27.6. The van der Waals surface area contributed by atoms with Crippen molar-refractivity contribution in [3.05, 3.63) is 268 Å². The van der Waals surface area contributed by atoms with Crippen molar-refractivity contribution in [2.24, 2.45) is 0 Å². The summed E-state index contributed by atoms with van der Waals surface area (Å²) in [5, 5.41) is 0. The number of benzene rings is 6. The minimum absolute atomic E-state index is 0.458. The average molecular weight is 842 g/mol. The van der Waals surface area contributed by atoms with Gasteiger partial charge in [0.1, 0.15) is 14.8 Å². The Bertz CT molecular complexity index is 2390. The van der Waals surface area contributed by atoms with Gasteiger partial charge < -0.3 is 9.13 Å². The number of rotatable bonds is 9. The summed E-state index contributed by atoms with van der Waals surface area (Å²) in [6.45, 7) is 0. The maximum Gasteiger partial charge on any atom is 0.212 e. The first-order valence-corrected chi connectivity index (χ1v) is 19.4. The number of imidazole rings is 2. The van der Waals surface area contributed by atoms with E-state index in [1.54, 1.807) is 6.07 Å². The van der Waals surface area contributed by atoms with Gasteiger partial charge in [0, 0.05) is 24.2 Å². The van der Waals surface area contributed by atoms with Gasteiger partial charge in [0.2, 0.25) is 5.95 Å². The van der Waals surface area contributed by atoms with Crippen LogP contribution in [0.1, 0.15) is 33.4 Å². The molecule has 3 heterocycles. The van der Waals surface area contributed by atoms with Gasteiger partial charge in [0.05, 0.1) is 18.3 Å². The lowest BCUT2D eigenvalue weighted by Crippen LogP contribution is -2.36. The van der Waals surface area contributed by atoms with Crippen molar-refractivity contribution in [1.29, 1.82) is 0 Å². The first kappa shape index (κ1) is 36.5. The van der Waals surface area contributed by atoms with Crippen molar-refractivity contribution in [2.75, 3.05) is 0 Å². The average Bonchev–Trinajstić information content (AvgIpc) is 3.95. The second kappa shape index (κ2) is 16.5. The van der Waals surface area contributed by atoms with Crippen LogP contribution in [-0.2, 0) is 11.1 Å². The third kappa shape index (κ3) is 6.97. The molecule has 0 radical (unpaired) electrons. The van der Waals surface area contributed by atoms with Crippen LogP contribution in [0.2, 0.25) is 0 Å². The Hall–Kier alpha value is -6.45. The van der Waals surface area contributed by atoms with E-state index in [2.05, 4.69) is 217 Å². The molecule has 0 atom stereocenters. The van der Waals surface area contributed by atoms with Crippen LogP contribution in [0, 0.1) is 9.65 Å². The standard InChI is InChI=1S/C27H20FN3.C22H17IN2/c28-26-17-16-21(18-29-26)25-19-31(20-30-25)27(22-10-4-1-5-11-22,23-12-6-2-7-13-23)24-14-8-3-9-15-24;23-21-16-25(17-24-21)22(18-10-4-1-5-11-18,19-12-6-2-7-13-19)20-14-8-3-9-15-20/h1-20H;1-17H. The smallest absolute Gasteiger partial charge is 0.212 e. The highest BCUT2D eigenvalue weighted by Gasteiger charge is 2.39. The molecule has 0 fully saturated rings. The van der Waals surface area contributed by atoms with Crippen LogP contribution in [0.5, 0.6) is 0 Å². The molecule has 0 unspecified atom stereocenters. The van der Waals surface area contributed by atoms with E-state index in [-0.39, 0.29) is 0 Å². The highest BCUT2D eigenvalue weighted by atomic mass is 127. The summed E-state index contributed by atoms with van der Waals surface area (Å²) in [5.74, 6) is -0.504. The molecule has 0 bridgehead atoms. The molecule has 6 aromatic carbocycles. The van der Waals surface area contributed by atoms with Gasteiger partial charge in [-0.05, 0) is 68.1 Å². The summed E-state index contributed by atoms with van der Waals surface area (Å²) in [7, 11) is 0. The van der Waals surface area contributed by atoms with E-state index in [9.17, 15) is 4.39 Å². The maximum absolute atomic E-state index is 13.3. The topological polar surface area (TPSA) is 48.5 Å². The van der Waals surface area contributed by atoms with Crippen LogP contribution in [0.4, 0.5) is 4.39 Å². The number of aromatic nitrogens is 5. The number of halogens is 2. The van der Waals surface area contributed by atoms with Crippen LogP contribution in [0.15, 0.2) is 225 Å². The summed E-state index contributed by atoms with van der Waals surface area (Å²) >= 11 is 2.27. The molecule has 7 heteroatoms. The SMILES string of the molecule is Fc1ccc(-c2cn(C(c3ccccc3)(c3ccccc3)c3ccccc3)cn2)cn1.Ic1cn(C(c2ccccc2)(c2ccccc2)c2ccccc2)cn1. The number of nitrogens with zero attached hydrogens (tertiary/aromatic N) is 5. The van der Waals surface area contributed by atoms with Crippen LogP contribution < -0.4 is 0 Å². The molecule has 0 N–H and O–H groups in total. The Balaban J connectivity index is 0.000000161. The second-order valence-electron chi connectivity index (χ2n) is 13.3. The summed E-state index contributed by atoms with van der Waals surface area (Å²) < 4.78 is 18.6. The van der Waals surface area contributed by atoms with Gasteiger partial charge in [0.15, 0.2) is 0 Å². The molecule has 0 aliphatic carbocycles. The van der Waals surface area contributed by atoms with Crippen LogP contribution in [-0.4, -0.2) is 24.1 Å². The Morgan fingerprint density at radius 3 is 1.04 bits per heavy atom. The van der Waals surface area contributed by atoms with Crippen molar-refractivity contribution < 1.29 is 4.39 Å². The normalized spacial score (nSPS) is 11.4. The van der Waals surface area contributed by atoms with E-state index in [0.29, 0.717) is 0 Å². The van der Waals surface area contributed by atoms with Gasteiger partial charge in [-0.3, -0.25) is 0 Å². The molecule has 3 aromatic heterocycles. The van der Waals surface area contributed by atoms with Crippen molar-refractivity contribution in [3.63, 3.8) is 0 Å². The van der Waals surface area contributed by atoms with Crippen LogP contribution in [0.25, 0.3) is 11.3 Å². The third-order valence-electron chi connectivity index (χ3n) is 10.1. The molecule has 5 nitrogen and oxygen atoms in total. The van der Waals surface area contributed by atoms with E-state index in [4.69, 9.17) is 0 Å². The fraction of sp³-hybridized carbons (Fsp3) is 0.0408. The lowest BCUT2D eigenvalue weighted by Gasteiger charge is -2.37. The van der Waals surface area contributed by atoms with Crippen molar-refractivity contribution in [1.82, 2.24) is 24.1 Å². The number of hydrogen-bond donors (Lipinski definition) is 0. The molecule has 272 valence electrons. The number of pyridine rings is 1. The second-order valence-corrected chi connectivity index (χ2v) is 14.4. The maximum atomic E-state index is 13.3. The van der Waals surface area contributed by atoms with Gasteiger partial charge in [-0.2, -0.15) is 4.39 Å². The first-order valence-electron chi connectivity index (χ1n) is 18.3. The summed E-state index contributed by atoms with van der Waals surface area (Å²) in [5.41, 5.74) is 7.41. The predicted octanol–water partition coefficient (Wildman–Crippen LogP) is 11.3. The van der Waals surface area contributed by atoms with Gasteiger partial charge in [0.25, 0.3) is 0 Å². The highest BCUT2D eigenvalue weighted by Crippen LogP contribution is 2.42. The van der Waals surface area contributed by atoms with Crippen molar-refractivity contribution in [2.45, 2.75) is 11.1 Å². The third-order valence-corrected chi connectivity index (χ3v) is 10.6. The fourth-order valence-corrected chi connectivity index (χ4v) is 8.06. The molecule has 9 aromatic rings. The Morgan fingerprint density at radius 1 is 0.393 bits per heavy atom. The van der Waals surface area contributed by atoms with Crippen LogP contribution >= 0.6 is 22.6 Å². The minimum atomic E-state index is -0.623. The quantitative estimate of drug-likeness (QED) is 0.0826. The molecule has 0 saturated carbocycles. The minimum Gasteiger partial charge on any atom is -0.318 e. The molecular formula is C49H37FIN5. The molecule has 0 saturated heterocycles. The van der Waals surface area contributed by atoms with E-state index < -0.39 is 17.0 Å². The molecule has 9 rings (SSSR count). The zero-order chi connectivity index (χ0) is 38.2. The zero-order valence-corrected chi connectivity index (χ0v) is 32.5. The Morgan fingerprint density at radius 2 is 0.732 bits per heavy atom. The van der Waals surface area contributed by atoms with Crippen molar-refractivity contribution >= 4 is 22.6 Å². The van der Waals surface area contributed by atoms with Crippen LogP contribution in [0.3, 0.4) is 0 Å². The van der Waals surface area contributed by atoms with E-state index in [1.165, 1.54) is 29.0 Å². The predicted molar refractivity (Wildman–Crippen MR) is 230 cm³/mol.